The molecular formula is C21H23N3O3. The fraction of sp³-hybridized carbons (Fsp3) is 0.286. The second kappa shape index (κ2) is 8.03. The molecule has 3 rings (SSSR count). The molecule has 0 N–H and O–H groups in total. The molecule has 0 bridgehead atoms. The Morgan fingerprint density at radius 1 is 1.11 bits per heavy atom. The number of carbonyl (C=O) groups excluding carboxylic acids is 2. The van der Waals surface area contributed by atoms with E-state index >= 15 is 0 Å². The summed E-state index contributed by atoms with van der Waals surface area (Å²) in [5.74, 6) is -0.674. The van der Waals surface area contributed by atoms with Crippen LogP contribution in [-0.4, -0.2) is 39.3 Å². The maximum atomic E-state index is 13.4. The van der Waals surface area contributed by atoms with Gasteiger partial charge in [-0.15, -0.1) is 0 Å². The van der Waals surface area contributed by atoms with Gasteiger partial charge in [-0.3, -0.25) is 14.0 Å². The van der Waals surface area contributed by atoms with Gasteiger partial charge in [0.15, 0.2) is 0 Å². The Morgan fingerprint density at radius 3 is 2.56 bits per heavy atom. The zero-order valence-electron chi connectivity index (χ0n) is 15.8. The third-order valence-electron chi connectivity index (χ3n) is 4.35. The summed E-state index contributed by atoms with van der Waals surface area (Å²) in [6.45, 7) is 6.00. The number of esters is 1. The van der Waals surface area contributed by atoms with E-state index in [1.807, 2.05) is 62.5 Å². The largest absolute Gasteiger partial charge is 0.465 e. The summed E-state index contributed by atoms with van der Waals surface area (Å²) in [6, 6.07) is 13.4. The van der Waals surface area contributed by atoms with Crippen molar-refractivity contribution in [1.29, 1.82) is 0 Å². The van der Waals surface area contributed by atoms with Crippen LogP contribution in [0.15, 0.2) is 48.7 Å². The van der Waals surface area contributed by atoms with Crippen molar-refractivity contribution in [2.24, 2.45) is 0 Å². The van der Waals surface area contributed by atoms with E-state index in [1.165, 1.54) is 4.90 Å². The number of carbonyl (C=O) groups is 2. The van der Waals surface area contributed by atoms with Crippen LogP contribution < -0.4 is 0 Å². The van der Waals surface area contributed by atoms with Crippen LogP contribution in [0, 0.1) is 13.8 Å². The first-order valence-corrected chi connectivity index (χ1v) is 8.94. The van der Waals surface area contributed by atoms with Crippen LogP contribution >= 0.6 is 0 Å². The van der Waals surface area contributed by atoms with E-state index in [4.69, 9.17) is 4.74 Å². The van der Waals surface area contributed by atoms with Crippen LogP contribution in [0.4, 0.5) is 0 Å². The second-order valence-electron chi connectivity index (χ2n) is 6.38. The molecule has 3 aromatic rings. The molecule has 1 amide bonds. The quantitative estimate of drug-likeness (QED) is 0.630. The summed E-state index contributed by atoms with van der Waals surface area (Å²) >= 11 is 0. The summed E-state index contributed by atoms with van der Waals surface area (Å²) < 4.78 is 6.85. The van der Waals surface area contributed by atoms with Gasteiger partial charge < -0.3 is 9.64 Å². The van der Waals surface area contributed by atoms with Crippen LogP contribution in [0.1, 0.15) is 34.2 Å². The maximum Gasteiger partial charge on any atom is 0.325 e. The Kier molecular flexibility index (Phi) is 5.54. The molecule has 2 aromatic heterocycles. The Morgan fingerprint density at radius 2 is 1.85 bits per heavy atom. The van der Waals surface area contributed by atoms with Crippen molar-refractivity contribution in [3.05, 3.63) is 71.2 Å². The lowest BCUT2D eigenvalue weighted by Gasteiger charge is -2.22. The van der Waals surface area contributed by atoms with Crippen LogP contribution in [-0.2, 0) is 16.1 Å². The van der Waals surface area contributed by atoms with E-state index in [9.17, 15) is 9.59 Å². The zero-order chi connectivity index (χ0) is 19.4. The Labute approximate surface area is 158 Å². The minimum Gasteiger partial charge on any atom is -0.465 e. The summed E-state index contributed by atoms with van der Waals surface area (Å²) in [6.07, 6.45) is 1.82. The second-order valence-corrected chi connectivity index (χ2v) is 6.38. The van der Waals surface area contributed by atoms with E-state index in [0.717, 1.165) is 16.8 Å². The first kappa shape index (κ1) is 18.6. The van der Waals surface area contributed by atoms with Gasteiger partial charge in [-0.1, -0.05) is 36.4 Å². The van der Waals surface area contributed by atoms with Gasteiger partial charge in [0.2, 0.25) is 0 Å². The highest BCUT2D eigenvalue weighted by Crippen LogP contribution is 2.18. The van der Waals surface area contributed by atoms with E-state index in [-0.39, 0.29) is 19.1 Å². The van der Waals surface area contributed by atoms with Crippen LogP contribution in [0.2, 0.25) is 0 Å². The molecule has 0 saturated heterocycles. The van der Waals surface area contributed by atoms with Gasteiger partial charge in [0, 0.05) is 12.7 Å². The molecule has 0 atom stereocenters. The maximum absolute atomic E-state index is 13.4. The normalized spacial score (nSPS) is 10.8. The molecule has 1 aromatic carbocycles. The number of hydrogen-bond acceptors (Lipinski definition) is 4. The summed E-state index contributed by atoms with van der Waals surface area (Å²) in [4.78, 5) is 31.5. The van der Waals surface area contributed by atoms with Crippen molar-refractivity contribution in [3.8, 4) is 0 Å². The number of pyridine rings is 1. The molecular weight excluding hydrogens is 342 g/mol. The average Bonchev–Trinajstić information content (AvgIpc) is 2.99. The van der Waals surface area contributed by atoms with E-state index in [0.29, 0.717) is 17.9 Å². The number of imidazole rings is 1. The number of nitrogens with zero attached hydrogens (tertiary/aromatic N) is 3. The molecule has 0 aliphatic heterocycles. The lowest BCUT2D eigenvalue weighted by Crippen LogP contribution is -2.37. The third-order valence-corrected chi connectivity index (χ3v) is 4.35. The van der Waals surface area contributed by atoms with Gasteiger partial charge >= 0.3 is 5.97 Å². The minimum atomic E-state index is -0.426. The van der Waals surface area contributed by atoms with Gasteiger partial charge in [-0.25, -0.2) is 4.98 Å². The molecule has 0 aliphatic carbocycles. The van der Waals surface area contributed by atoms with Crippen molar-refractivity contribution >= 4 is 17.5 Å². The van der Waals surface area contributed by atoms with Crippen molar-refractivity contribution < 1.29 is 14.3 Å². The molecule has 0 spiro atoms. The minimum absolute atomic E-state index is 0.111. The van der Waals surface area contributed by atoms with Gasteiger partial charge in [0.1, 0.15) is 17.9 Å². The van der Waals surface area contributed by atoms with Crippen LogP contribution in [0.5, 0.6) is 0 Å². The molecule has 0 aliphatic rings. The number of rotatable bonds is 6. The molecule has 0 unspecified atom stereocenters. The number of fused-ring (bicyclic) bond motifs is 1. The fourth-order valence-corrected chi connectivity index (χ4v) is 3.09. The molecule has 6 nitrogen and oxygen atoms in total. The lowest BCUT2D eigenvalue weighted by atomic mass is 10.2. The Hall–Kier alpha value is -3.15. The average molecular weight is 365 g/mol. The number of amides is 1. The fourth-order valence-electron chi connectivity index (χ4n) is 3.09. The Balaban J connectivity index is 1.98. The van der Waals surface area contributed by atoms with Gasteiger partial charge in [0.25, 0.3) is 5.91 Å². The molecule has 0 fully saturated rings. The highest BCUT2D eigenvalue weighted by molar-refractivity contribution is 5.96. The Bertz CT molecular complexity index is 963. The standard InChI is InChI=1S/C21H23N3O3/c1-4-27-18(25)14-23(13-17-10-6-5-7-11-17)21(26)19-16(3)22-20-15(2)9-8-12-24(19)20/h5-12H,4,13-14H2,1-3H3. The first-order chi connectivity index (χ1) is 13.0. The molecule has 140 valence electrons. The summed E-state index contributed by atoms with van der Waals surface area (Å²) in [5.41, 5.74) is 3.77. The topological polar surface area (TPSA) is 63.9 Å². The number of benzene rings is 1. The van der Waals surface area contributed by atoms with Crippen molar-refractivity contribution in [2.45, 2.75) is 27.3 Å². The smallest absolute Gasteiger partial charge is 0.325 e. The first-order valence-electron chi connectivity index (χ1n) is 8.94. The van der Waals surface area contributed by atoms with Gasteiger partial charge in [0.05, 0.1) is 12.3 Å². The number of hydrogen-bond donors (Lipinski definition) is 0. The van der Waals surface area contributed by atoms with E-state index < -0.39 is 5.97 Å². The molecule has 2 heterocycles. The predicted molar refractivity (Wildman–Crippen MR) is 102 cm³/mol. The summed E-state index contributed by atoms with van der Waals surface area (Å²) in [7, 11) is 0. The number of ether oxygens (including phenoxy) is 1. The van der Waals surface area contributed by atoms with E-state index in [1.54, 1.807) is 11.3 Å². The van der Waals surface area contributed by atoms with Crippen molar-refractivity contribution in [2.75, 3.05) is 13.2 Å². The highest BCUT2D eigenvalue weighted by atomic mass is 16.5. The summed E-state index contributed by atoms with van der Waals surface area (Å²) in [5, 5.41) is 0. The van der Waals surface area contributed by atoms with Crippen LogP contribution in [0.25, 0.3) is 5.65 Å². The molecule has 0 saturated carbocycles. The number of aryl methyl sites for hydroxylation is 2. The molecule has 6 heteroatoms. The van der Waals surface area contributed by atoms with Gasteiger partial charge in [-0.2, -0.15) is 0 Å². The SMILES string of the molecule is CCOC(=O)CN(Cc1ccccc1)C(=O)c1c(C)nc2c(C)cccn12. The molecule has 27 heavy (non-hydrogen) atoms. The van der Waals surface area contributed by atoms with E-state index in [2.05, 4.69) is 4.98 Å². The third kappa shape index (κ3) is 4.00. The molecule has 0 radical (unpaired) electrons. The monoisotopic (exact) mass is 365 g/mol. The van der Waals surface area contributed by atoms with Crippen molar-refractivity contribution in [3.63, 3.8) is 0 Å². The van der Waals surface area contributed by atoms with Crippen molar-refractivity contribution in [1.82, 2.24) is 14.3 Å². The predicted octanol–water partition coefficient (Wildman–Crippen LogP) is 3.16. The zero-order valence-corrected chi connectivity index (χ0v) is 15.8. The lowest BCUT2D eigenvalue weighted by molar-refractivity contribution is -0.143. The van der Waals surface area contributed by atoms with Gasteiger partial charge in [-0.05, 0) is 38.0 Å². The highest BCUT2D eigenvalue weighted by Gasteiger charge is 2.25. The number of aromatic nitrogens is 2. The van der Waals surface area contributed by atoms with Crippen LogP contribution in [0.3, 0.4) is 0 Å².